The van der Waals surface area contributed by atoms with Gasteiger partial charge in [0.15, 0.2) is 0 Å². The Morgan fingerprint density at radius 1 is 0.946 bits per heavy atom. The molecular weight excluding hydrogens is 495 g/mol. The molecule has 3 aliphatic rings. The lowest BCUT2D eigenvalue weighted by Crippen LogP contribution is -2.53. The van der Waals surface area contributed by atoms with Crippen molar-refractivity contribution in [1.82, 2.24) is 10.3 Å². The Bertz CT molecular complexity index is 1630. The lowest BCUT2D eigenvalue weighted by molar-refractivity contribution is -0.130. The zero-order valence-corrected chi connectivity index (χ0v) is 20.1. The zero-order valence-electron chi connectivity index (χ0n) is 19.3. The normalized spacial score (nSPS) is 26.3. The van der Waals surface area contributed by atoms with Gasteiger partial charge in [0.1, 0.15) is 11.4 Å². The summed E-state index contributed by atoms with van der Waals surface area (Å²) >= 11 is 6.42. The number of halogens is 2. The third-order valence-electron chi connectivity index (χ3n) is 7.90. The maximum Gasteiger partial charge on any atom is 0.250 e. The van der Waals surface area contributed by atoms with Crippen LogP contribution in [0.3, 0.4) is 0 Å². The van der Waals surface area contributed by atoms with Crippen molar-refractivity contribution in [3.8, 4) is 0 Å². The second-order valence-electron chi connectivity index (χ2n) is 9.73. The van der Waals surface area contributed by atoms with Crippen molar-refractivity contribution in [2.75, 3.05) is 10.2 Å². The van der Waals surface area contributed by atoms with Crippen LogP contribution in [0.4, 0.5) is 15.8 Å². The molecule has 37 heavy (non-hydrogen) atoms. The van der Waals surface area contributed by atoms with Crippen LogP contribution in [0.5, 0.6) is 0 Å². The number of aromatic nitrogens is 1. The number of rotatable bonds is 3. The fourth-order valence-corrected chi connectivity index (χ4v) is 6.57. The van der Waals surface area contributed by atoms with Crippen molar-refractivity contribution in [3.63, 3.8) is 0 Å². The summed E-state index contributed by atoms with van der Waals surface area (Å²) in [6.07, 6.45) is 2.30. The van der Waals surface area contributed by atoms with Gasteiger partial charge in [-0.3, -0.25) is 19.7 Å². The van der Waals surface area contributed by atoms with Crippen LogP contribution < -0.4 is 15.5 Å². The van der Waals surface area contributed by atoms with E-state index in [-0.39, 0.29) is 5.69 Å². The quantitative estimate of drug-likeness (QED) is 0.358. The molecule has 4 aromatic rings. The molecule has 0 bridgehead atoms. The maximum atomic E-state index is 14.0. The van der Waals surface area contributed by atoms with E-state index in [0.29, 0.717) is 22.7 Å². The van der Waals surface area contributed by atoms with Gasteiger partial charge in [0, 0.05) is 28.7 Å². The fraction of sp³-hybridized carbons (Fsp3) is 0.179. The predicted octanol–water partition coefficient (Wildman–Crippen LogP) is 4.13. The third kappa shape index (κ3) is 2.94. The number of imide groups is 1. The van der Waals surface area contributed by atoms with E-state index < -0.39 is 47.0 Å². The van der Waals surface area contributed by atoms with Crippen LogP contribution in [0, 0.1) is 17.7 Å². The van der Waals surface area contributed by atoms with Gasteiger partial charge in [0.2, 0.25) is 17.7 Å². The Morgan fingerprint density at radius 3 is 2.54 bits per heavy atom. The van der Waals surface area contributed by atoms with Gasteiger partial charge in [-0.15, -0.1) is 0 Å². The first-order valence-corrected chi connectivity index (χ1v) is 12.3. The number of amides is 3. The Balaban J connectivity index is 1.39. The second kappa shape index (κ2) is 7.74. The van der Waals surface area contributed by atoms with Crippen LogP contribution in [0.25, 0.3) is 10.9 Å². The van der Waals surface area contributed by atoms with Crippen molar-refractivity contribution in [2.24, 2.45) is 11.8 Å². The number of benzene rings is 3. The van der Waals surface area contributed by atoms with Crippen LogP contribution in [0.2, 0.25) is 5.02 Å². The van der Waals surface area contributed by atoms with Crippen molar-refractivity contribution in [1.29, 1.82) is 0 Å². The van der Waals surface area contributed by atoms with Gasteiger partial charge in [-0.1, -0.05) is 41.9 Å². The van der Waals surface area contributed by atoms with Gasteiger partial charge in [0.25, 0.3) is 0 Å². The number of nitrogens with one attached hydrogen (secondary N) is 3. The molecule has 0 saturated carbocycles. The number of carbonyl (C=O) groups excluding carboxylic acids is 3. The molecule has 9 heteroatoms. The highest BCUT2D eigenvalue weighted by atomic mass is 35.5. The van der Waals surface area contributed by atoms with Gasteiger partial charge in [-0.2, -0.15) is 0 Å². The topological polar surface area (TPSA) is 94.3 Å². The number of nitrogens with zero attached hydrogens (tertiary/aromatic N) is 1. The summed E-state index contributed by atoms with van der Waals surface area (Å²) in [4.78, 5) is 45.9. The minimum Gasteiger partial charge on any atom is -0.361 e. The molecule has 2 saturated heterocycles. The standard InChI is InChI=1S/C28H20ClFN4O3/c29-19-6-3-5-18-24(19)32-27(37)28(18)23-22(25(35)34(26(23)36)16-10-8-15(30)9-11-16)21(33-28)12-14-13-31-20-7-2-1-4-17(14)20/h1-11,13,21-23,31,33H,12H2,(H,32,37)/t21?,22-,23+,28?/m1/s1. The lowest BCUT2D eigenvalue weighted by Gasteiger charge is -2.29. The van der Waals surface area contributed by atoms with E-state index in [9.17, 15) is 18.8 Å². The van der Waals surface area contributed by atoms with E-state index in [0.717, 1.165) is 21.4 Å². The molecule has 7 nitrogen and oxygen atoms in total. The van der Waals surface area contributed by atoms with Gasteiger partial charge in [-0.05, 0) is 48.4 Å². The van der Waals surface area contributed by atoms with Gasteiger partial charge < -0.3 is 10.3 Å². The van der Waals surface area contributed by atoms with Crippen molar-refractivity contribution >= 4 is 51.6 Å². The SMILES string of the molecule is O=C1[C@@H]2C(Cc3c[nH]c4ccccc34)NC3(C(=O)Nc4c(Cl)cccc43)[C@@H]2C(=O)N1c1ccc(F)cc1. The van der Waals surface area contributed by atoms with Crippen LogP contribution in [-0.4, -0.2) is 28.7 Å². The average Bonchev–Trinajstić information content (AvgIpc) is 3.60. The first-order chi connectivity index (χ1) is 17.9. The number of carbonyl (C=O) groups is 3. The Hall–Kier alpha value is -4.01. The minimum atomic E-state index is -1.47. The Morgan fingerprint density at radius 2 is 1.73 bits per heavy atom. The van der Waals surface area contributed by atoms with Crippen LogP contribution in [-0.2, 0) is 26.3 Å². The van der Waals surface area contributed by atoms with E-state index >= 15 is 0 Å². The number of aromatic amines is 1. The molecule has 4 atom stereocenters. The van der Waals surface area contributed by atoms with Crippen molar-refractivity contribution in [3.05, 3.63) is 94.9 Å². The van der Waals surface area contributed by atoms with Gasteiger partial charge in [0.05, 0.1) is 28.2 Å². The Kier molecular flexibility index (Phi) is 4.65. The highest BCUT2D eigenvalue weighted by Crippen LogP contribution is 2.55. The molecule has 0 radical (unpaired) electrons. The van der Waals surface area contributed by atoms with Crippen LogP contribution in [0.1, 0.15) is 11.1 Å². The van der Waals surface area contributed by atoms with E-state index in [1.54, 1.807) is 18.2 Å². The smallest absolute Gasteiger partial charge is 0.250 e. The highest BCUT2D eigenvalue weighted by molar-refractivity contribution is 6.35. The minimum absolute atomic E-state index is 0.275. The molecule has 0 aliphatic carbocycles. The summed E-state index contributed by atoms with van der Waals surface area (Å²) in [5.74, 6) is -3.63. The van der Waals surface area contributed by atoms with Crippen molar-refractivity contribution < 1.29 is 18.8 Å². The number of hydrogen-bond donors (Lipinski definition) is 3. The number of para-hydroxylation sites is 2. The molecule has 1 spiro atoms. The largest absolute Gasteiger partial charge is 0.361 e. The molecule has 3 N–H and O–H groups in total. The first-order valence-electron chi connectivity index (χ1n) is 12.0. The third-order valence-corrected chi connectivity index (χ3v) is 8.21. The molecule has 2 unspecified atom stereocenters. The first kappa shape index (κ1) is 22.2. The number of fused-ring (bicyclic) bond motifs is 5. The molecule has 3 aliphatic heterocycles. The summed E-state index contributed by atoms with van der Waals surface area (Å²) in [7, 11) is 0. The lowest BCUT2D eigenvalue weighted by atomic mass is 9.76. The van der Waals surface area contributed by atoms with Crippen LogP contribution >= 0.6 is 11.6 Å². The predicted molar refractivity (Wildman–Crippen MR) is 137 cm³/mol. The number of hydrogen-bond acceptors (Lipinski definition) is 4. The summed E-state index contributed by atoms with van der Waals surface area (Å²) in [6.45, 7) is 0. The van der Waals surface area contributed by atoms with E-state index in [1.807, 2.05) is 30.5 Å². The van der Waals surface area contributed by atoms with Crippen LogP contribution in [0.15, 0.2) is 72.9 Å². The molecular formula is C28H20ClFN4O3. The van der Waals surface area contributed by atoms with Crippen molar-refractivity contribution in [2.45, 2.75) is 18.0 Å². The van der Waals surface area contributed by atoms with E-state index in [1.165, 1.54) is 24.3 Å². The van der Waals surface area contributed by atoms with Gasteiger partial charge >= 0.3 is 0 Å². The summed E-state index contributed by atoms with van der Waals surface area (Å²) in [5, 5.41) is 7.64. The molecule has 3 aromatic carbocycles. The zero-order chi connectivity index (χ0) is 25.5. The van der Waals surface area contributed by atoms with Gasteiger partial charge in [-0.25, -0.2) is 9.29 Å². The molecule has 7 rings (SSSR count). The summed E-state index contributed by atoms with van der Waals surface area (Å²) in [6, 6.07) is 17.7. The van der Waals surface area contributed by atoms with E-state index in [4.69, 9.17) is 11.6 Å². The molecule has 3 amide bonds. The fourth-order valence-electron chi connectivity index (χ4n) is 6.35. The summed E-state index contributed by atoms with van der Waals surface area (Å²) < 4.78 is 13.6. The molecule has 1 aromatic heterocycles. The molecule has 2 fully saturated rings. The summed E-state index contributed by atoms with van der Waals surface area (Å²) in [5.41, 5.74) is 1.71. The highest BCUT2D eigenvalue weighted by Gasteiger charge is 2.70. The number of anilines is 2. The number of H-pyrrole nitrogens is 1. The Labute approximate surface area is 215 Å². The average molecular weight is 515 g/mol. The van der Waals surface area contributed by atoms with E-state index in [2.05, 4.69) is 15.6 Å². The molecule has 184 valence electrons. The second-order valence-corrected chi connectivity index (χ2v) is 10.1. The monoisotopic (exact) mass is 514 g/mol. The molecule has 4 heterocycles. The maximum absolute atomic E-state index is 14.0.